The molecule has 1 aliphatic carbocycles. The van der Waals surface area contributed by atoms with Gasteiger partial charge in [-0.25, -0.2) is 4.98 Å². The van der Waals surface area contributed by atoms with Gasteiger partial charge in [0.25, 0.3) is 0 Å². The van der Waals surface area contributed by atoms with E-state index in [1.807, 2.05) is 6.92 Å². The van der Waals surface area contributed by atoms with Crippen LogP contribution in [-0.2, 0) is 6.42 Å². The predicted octanol–water partition coefficient (Wildman–Crippen LogP) is 2.12. The zero-order valence-electron chi connectivity index (χ0n) is 9.58. The third kappa shape index (κ3) is 2.59. The fourth-order valence-electron chi connectivity index (χ4n) is 2.48. The van der Waals surface area contributed by atoms with E-state index in [4.69, 9.17) is 0 Å². The van der Waals surface area contributed by atoms with Gasteiger partial charge in [-0.3, -0.25) is 0 Å². The van der Waals surface area contributed by atoms with E-state index in [1.165, 1.54) is 11.4 Å². The average Bonchev–Trinajstić information content (AvgIpc) is 2.49. The second kappa shape index (κ2) is 4.35. The van der Waals surface area contributed by atoms with E-state index >= 15 is 0 Å². The van der Waals surface area contributed by atoms with Crippen LogP contribution in [0.5, 0.6) is 0 Å². The Bertz CT molecular complexity index is 324. The minimum Gasteiger partial charge on any atom is -0.393 e. The molecule has 84 valence electrons. The molecule has 1 heterocycles. The zero-order chi connectivity index (χ0) is 10.8. The van der Waals surface area contributed by atoms with E-state index in [0.717, 1.165) is 43.8 Å². The highest BCUT2D eigenvalue weighted by Gasteiger charge is 2.20. The first kappa shape index (κ1) is 10.7. The first-order valence-corrected chi connectivity index (χ1v) is 5.85. The van der Waals surface area contributed by atoms with Crippen molar-refractivity contribution in [1.29, 1.82) is 0 Å². The van der Waals surface area contributed by atoms with Gasteiger partial charge in [0.15, 0.2) is 0 Å². The topological polar surface area (TPSA) is 48.9 Å². The number of hydrogen-bond donors (Lipinski definition) is 2. The summed E-state index contributed by atoms with van der Waals surface area (Å²) in [5.41, 5.74) is 2.42. The summed E-state index contributed by atoms with van der Waals surface area (Å²) in [6, 6.07) is 0. The number of aromatic nitrogens is 2. The fourth-order valence-corrected chi connectivity index (χ4v) is 2.48. The molecule has 0 amide bonds. The van der Waals surface area contributed by atoms with Crippen molar-refractivity contribution in [2.45, 2.75) is 52.1 Å². The number of aliphatic hydroxyl groups is 1. The normalized spacial score (nSPS) is 26.9. The van der Waals surface area contributed by atoms with Gasteiger partial charge in [0, 0.05) is 5.69 Å². The summed E-state index contributed by atoms with van der Waals surface area (Å²) >= 11 is 0. The summed E-state index contributed by atoms with van der Waals surface area (Å²) in [6.45, 7) is 4.09. The molecule has 1 aliphatic rings. The molecule has 1 aromatic rings. The van der Waals surface area contributed by atoms with Gasteiger partial charge in [-0.2, -0.15) is 0 Å². The highest BCUT2D eigenvalue weighted by atomic mass is 16.3. The molecule has 0 spiro atoms. The summed E-state index contributed by atoms with van der Waals surface area (Å²) in [7, 11) is 0. The van der Waals surface area contributed by atoms with Crippen molar-refractivity contribution in [3.63, 3.8) is 0 Å². The minimum absolute atomic E-state index is 0.0525. The molecule has 1 saturated carbocycles. The Balaban J connectivity index is 1.94. The molecular formula is C12H20N2O. The molecule has 0 unspecified atom stereocenters. The Morgan fingerprint density at radius 2 is 1.93 bits per heavy atom. The van der Waals surface area contributed by atoms with Gasteiger partial charge in [-0.15, -0.1) is 0 Å². The summed E-state index contributed by atoms with van der Waals surface area (Å²) < 4.78 is 0. The van der Waals surface area contributed by atoms with Crippen molar-refractivity contribution in [3.8, 4) is 0 Å². The maximum atomic E-state index is 9.43. The number of aromatic amines is 1. The molecule has 0 aliphatic heterocycles. The molecule has 3 nitrogen and oxygen atoms in total. The second-order valence-corrected chi connectivity index (χ2v) is 4.77. The van der Waals surface area contributed by atoms with Crippen LogP contribution in [0.25, 0.3) is 0 Å². The van der Waals surface area contributed by atoms with Crippen molar-refractivity contribution in [1.82, 2.24) is 9.97 Å². The number of nitrogens with zero attached hydrogens (tertiary/aromatic N) is 1. The Kier molecular flexibility index (Phi) is 3.10. The number of hydrogen-bond acceptors (Lipinski definition) is 2. The van der Waals surface area contributed by atoms with Crippen LogP contribution in [0.2, 0.25) is 0 Å². The molecule has 0 bridgehead atoms. The average molecular weight is 208 g/mol. The molecule has 2 N–H and O–H groups in total. The second-order valence-electron chi connectivity index (χ2n) is 4.77. The van der Waals surface area contributed by atoms with Gasteiger partial charge in [-0.1, -0.05) is 0 Å². The Hall–Kier alpha value is -0.830. The lowest BCUT2D eigenvalue weighted by Gasteiger charge is -2.24. The molecule has 1 fully saturated rings. The van der Waals surface area contributed by atoms with Crippen molar-refractivity contribution in [2.24, 2.45) is 5.92 Å². The van der Waals surface area contributed by atoms with E-state index in [9.17, 15) is 5.11 Å². The molecule has 2 rings (SSSR count). The molecule has 3 heteroatoms. The van der Waals surface area contributed by atoms with Crippen LogP contribution in [0.3, 0.4) is 0 Å². The molecule has 1 aromatic heterocycles. The number of nitrogens with one attached hydrogen (secondary N) is 1. The smallest absolute Gasteiger partial charge is 0.103 e. The van der Waals surface area contributed by atoms with Crippen LogP contribution in [0.15, 0.2) is 0 Å². The number of aliphatic hydroxyl groups excluding tert-OH is 1. The van der Waals surface area contributed by atoms with Gasteiger partial charge in [-0.05, 0) is 51.9 Å². The SMILES string of the molecule is Cc1nc(CC2CCC(O)CC2)c(C)[nH]1. The monoisotopic (exact) mass is 208 g/mol. The largest absolute Gasteiger partial charge is 0.393 e. The Morgan fingerprint density at radius 1 is 1.27 bits per heavy atom. The van der Waals surface area contributed by atoms with E-state index in [1.54, 1.807) is 0 Å². The van der Waals surface area contributed by atoms with Crippen LogP contribution in [-0.4, -0.2) is 21.2 Å². The van der Waals surface area contributed by atoms with E-state index in [2.05, 4.69) is 16.9 Å². The lowest BCUT2D eigenvalue weighted by Crippen LogP contribution is -2.19. The van der Waals surface area contributed by atoms with Gasteiger partial charge >= 0.3 is 0 Å². The minimum atomic E-state index is -0.0525. The lowest BCUT2D eigenvalue weighted by atomic mass is 9.84. The Morgan fingerprint density at radius 3 is 2.47 bits per heavy atom. The highest BCUT2D eigenvalue weighted by molar-refractivity contribution is 5.13. The summed E-state index contributed by atoms with van der Waals surface area (Å²) in [5, 5.41) is 9.43. The standard InChI is InChI=1S/C12H20N2O/c1-8-12(14-9(2)13-8)7-10-3-5-11(15)6-4-10/h10-11,15H,3-7H2,1-2H3,(H,13,14). The summed E-state index contributed by atoms with van der Waals surface area (Å²) in [4.78, 5) is 7.75. The molecule has 0 radical (unpaired) electrons. The van der Waals surface area contributed by atoms with Crippen LogP contribution in [0.4, 0.5) is 0 Å². The number of H-pyrrole nitrogens is 1. The molecule has 0 aromatic carbocycles. The van der Waals surface area contributed by atoms with Crippen molar-refractivity contribution in [2.75, 3.05) is 0 Å². The number of imidazole rings is 1. The highest BCUT2D eigenvalue weighted by Crippen LogP contribution is 2.27. The van der Waals surface area contributed by atoms with Crippen molar-refractivity contribution in [3.05, 3.63) is 17.2 Å². The van der Waals surface area contributed by atoms with Gasteiger partial charge < -0.3 is 10.1 Å². The summed E-state index contributed by atoms with van der Waals surface area (Å²) in [5.74, 6) is 1.73. The van der Waals surface area contributed by atoms with Crippen LogP contribution in [0, 0.1) is 19.8 Å². The van der Waals surface area contributed by atoms with Gasteiger partial charge in [0.2, 0.25) is 0 Å². The van der Waals surface area contributed by atoms with Crippen LogP contribution >= 0.6 is 0 Å². The molecule has 0 saturated heterocycles. The first-order valence-electron chi connectivity index (χ1n) is 5.85. The maximum absolute atomic E-state index is 9.43. The third-order valence-electron chi connectivity index (χ3n) is 3.40. The Labute approximate surface area is 90.9 Å². The van der Waals surface area contributed by atoms with Crippen molar-refractivity contribution < 1.29 is 5.11 Å². The maximum Gasteiger partial charge on any atom is 0.103 e. The predicted molar refractivity (Wildman–Crippen MR) is 59.7 cm³/mol. The van der Waals surface area contributed by atoms with E-state index in [-0.39, 0.29) is 6.10 Å². The molecule has 0 atom stereocenters. The summed E-state index contributed by atoms with van der Waals surface area (Å²) in [6.07, 6.45) is 5.24. The fraction of sp³-hybridized carbons (Fsp3) is 0.750. The quantitative estimate of drug-likeness (QED) is 0.782. The molecule has 15 heavy (non-hydrogen) atoms. The molecular weight excluding hydrogens is 188 g/mol. The number of aryl methyl sites for hydroxylation is 2. The first-order chi connectivity index (χ1) is 7.15. The van der Waals surface area contributed by atoms with Crippen LogP contribution in [0.1, 0.15) is 42.9 Å². The van der Waals surface area contributed by atoms with Crippen molar-refractivity contribution >= 4 is 0 Å². The zero-order valence-corrected chi connectivity index (χ0v) is 9.58. The third-order valence-corrected chi connectivity index (χ3v) is 3.40. The number of rotatable bonds is 2. The lowest BCUT2D eigenvalue weighted by molar-refractivity contribution is 0.108. The van der Waals surface area contributed by atoms with E-state index < -0.39 is 0 Å². The van der Waals surface area contributed by atoms with E-state index in [0.29, 0.717) is 0 Å². The van der Waals surface area contributed by atoms with Gasteiger partial charge in [0.05, 0.1) is 11.8 Å². The van der Waals surface area contributed by atoms with Crippen LogP contribution < -0.4 is 0 Å². The van der Waals surface area contributed by atoms with Gasteiger partial charge in [0.1, 0.15) is 5.82 Å².